The highest BCUT2D eigenvalue weighted by Crippen LogP contribution is 2.33. The lowest BCUT2D eigenvalue weighted by Gasteiger charge is -2.27. The fourth-order valence-electron chi connectivity index (χ4n) is 8.84. The van der Waals surface area contributed by atoms with Gasteiger partial charge in [-0.3, -0.25) is 19.6 Å². The lowest BCUT2D eigenvalue weighted by Crippen LogP contribution is -2.33. The van der Waals surface area contributed by atoms with Crippen LogP contribution in [0.5, 0.6) is 23.0 Å². The molecule has 8 nitrogen and oxygen atoms in total. The van der Waals surface area contributed by atoms with Crippen LogP contribution in [-0.4, -0.2) is 125 Å². The largest absolute Gasteiger partial charge is 0.488 e. The number of hydrogen-bond acceptors (Lipinski definition) is 8. The summed E-state index contributed by atoms with van der Waals surface area (Å²) < 4.78 is 25.8. The molecule has 8 heteroatoms. The molecular formula is C46H74N4O4. The summed E-state index contributed by atoms with van der Waals surface area (Å²) >= 11 is 0. The molecule has 302 valence electrons. The van der Waals surface area contributed by atoms with E-state index in [1.165, 1.54) is 141 Å². The van der Waals surface area contributed by atoms with Crippen LogP contribution in [-0.2, 0) is 12.8 Å². The molecule has 0 N–H and O–H groups in total. The number of hydrogen-bond donors (Lipinski definition) is 0. The van der Waals surface area contributed by atoms with Crippen LogP contribution in [0.4, 0.5) is 0 Å². The molecule has 4 aliphatic rings. The molecule has 0 aliphatic carbocycles. The minimum atomic E-state index is 0.501. The van der Waals surface area contributed by atoms with Gasteiger partial charge in [0, 0.05) is 26.2 Å². The average Bonchev–Trinajstić information content (AvgIpc) is 3.21. The molecule has 0 unspecified atom stereocenters. The van der Waals surface area contributed by atoms with Crippen LogP contribution in [0.15, 0.2) is 36.4 Å². The topological polar surface area (TPSA) is 49.9 Å². The zero-order chi connectivity index (χ0) is 37.2. The minimum absolute atomic E-state index is 0.501. The number of piperidine rings is 4. The van der Waals surface area contributed by atoms with Crippen molar-refractivity contribution in [3.8, 4) is 23.0 Å². The maximum atomic E-state index is 6.51. The number of benzene rings is 2. The van der Waals surface area contributed by atoms with Gasteiger partial charge in [0.05, 0.1) is 0 Å². The Morgan fingerprint density at radius 3 is 0.963 bits per heavy atom. The second-order valence-corrected chi connectivity index (χ2v) is 16.9. The third-order valence-electron chi connectivity index (χ3n) is 12.6. The Kier molecular flexibility index (Phi) is 17.4. The Hall–Kier alpha value is -2.52. The van der Waals surface area contributed by atoms with Crippen LogP contribution in [0, 0.1) is 11.8 Å². The highest BCUT2D eigenvalue weighted by molar-refractivity contribution is 5.44. The summed E-state index contributed by atoms with van der Waals surface area (Å²) in [5.41, 5.74) is 2.65. The maximum absolute atomic E-state index is 6.51. The summed E-state index contributed by atoms with van der Waals surface area (Å²) in [5, 5.41) is 0. The SMILES string of the molecule is C[C@H](Cc1ccc(OCCN2CCCCC2)c(OCCN2CCCCC2)c1)[C@@H](C)Cc1ccc(OCCN2CCCCC2)c(OCCN2CCCCC2)c1. The Labute approximate surface area is 328 Å². The Balaban J connectivity index is 1.05. The molecule has 0 bridgehead atoms. The summed E-state index contributed by atoms with van der Waals surface area (Å²) in [5.74, 6) is 4.60. The monoisotopic (exact) mass is 747 g/mol. The number of likely N-dealkylation sites (tertiary alicyclic amines) is 4. The molecule has 0 radical (unpaired) electrons. The van der Waals surface area contributed by atoms with E-state index < -0.39 is 0 Å². The lowest BCUT2D eigenvalue weighted by molar-refractivity contribution is 0.168. The molecule has 6 rings (SSSR count). The second kappa shape index (κ2) is 22.9. The van der Waals surface area contributed by atoms with E-state index in [1.54, 1.807) is 0 Å². The molecule has 0 saturated carbocycles. The van der Waals surface area contributed by atoms with Gasteiger partial charge < -0.3 is 18.9 Å². The van der Waals surface area contributed by atoms with Gasteiger partial charge in [0.2, 0.25) is 0 Å². The van der Waals surface area contributed by atoms with Crippen molar-refractivity contribution in [2.75, 3.05) is 105 Å². The molecule has 4 aliphatic heterocycles. The Morgan fingerprint density at radius 2 is 0.667 bits per heavy atom. The first kappa shape index (κ1) is 41.1. The highest BCUT2D eigenvalue weighted by atomic mass is 16.5. The van der Waals surface area contributed by atoms with Gasteiger partial charge in [0.1, 0.15) is 26.4 Å². The Bertz CT molecular complexity index is 1230. The van der Waals surface area contributed by atoms with E-state index >= 15 is 0 Å². The molecule has 0 spiro atoms. The van der Waals surface area contributed by atoms with Crippen LogP contribution < -0.4 is 18.9 Å². The lowest BCUT2D eigenvalue weighted by atomic mass is 9.85. The highest BCUT2D eigenvalue weighted by Gasteiger charge is 2.19. The minimum Gasteiger partial charge on any atom is -0.488 e. The molecule has 4 saturated heterocycles. The van der Waals surface area contributed by atoms with Gasteiger partial charge in [-0.05, 0) is 164 Å². The van der Waals surface area contributed by atoms with Gasteiger partial charge >= 0.3 is 0 Å². The smallest absolute Gasteiger partial charge is 0.161 e. The van der Waals surface area contributed by atoms with E-state index in [-0.39, 0.29) is 0 Å². The fraction of sp³-hybridized carbons (Fsp3) is 0.739. The second-order valence-electron chi connectivity index (χ2n) is 16.9. The van der Waals surface area contributed by atoms with Gasteiger partial charge in [-0.1, -0.05) is 51.7 Å². The van der Waals surface area contributed by atoms with Crippen molar-refractivity contribution in [3.05, 3.63) is 47.5 Å². The van der Waals surface area contributed by atoms with Crippen molar-refractivity contribution in [2.45, 2.75) is 104 Å². The van der Waals surface area contributed by atoms with Crippen molar-refractivity contribution >= 4 is 0 Å². The maximum Gasteiger partial charge on any atom is 0.161 e. The fourth-order valence-corrected chi connectivity index (χ4v) is 8.84. The van der Waals surface area contributed by atoms with Crippen LogP contribution in [0.2, 0.25) is 0 Å². The molecular weight excluding hydrogens is 673 g/mol. The van der Waals surface area contributed by atoms with Crippen molar-refractivity contribution in [3.63, 3.8) is 0 Å². The standard InChI is InChI=1S/C46H74N4O4/c1-39(35-41-15-17-43(51-31-27-47-19-7-3-8-20-47)45(37-41)53-33-29-49-23-11-5-12-24-49)40(2)36-42-16-18-44(52-32-28-48-21-9-4-10-22-48)46(38-42)54-34-30-50-25-13-6-14-26-50/h15-18,37-40H,3-14,19-36H2,1-2H3/t39-,40+. The quantitative estimate of drug-likeness (QED) is 0.127. The first-order valence-corrected chi connectivity index (χ1v) is 22.3. The van der Waals surface area contributed by atoms with Gasteiger partial charge in [-0.2, -0.15) is 0 Å². The zero-order valence-electron chi connectivity index (χ0n) is 34.3. The molecule has 4 heterocycles. The summed E-state index contributed by atoms with van der Waals surface area (Å²) in [7, 11) is 0. The summed E-state index contributed by atoms with van der Waals surface area (Å²) in [6.07, 6.45) is 17.9. The van der Waals surface area contributed by atoms with Gasteiger partial charge in [-0.15, -0.1) is 0 Å². The third kappa shape index (κ3) is 13.9. The first-order valence-electron chi connectivity index (χ1n) is 22.3. The third-order valence-corrected chi connectivity index (χ3v) is 12.6. The molecule has 0 amide bonds. The van der Waals surface area contributed by atoms with Gasteiger partial charge in [0.15, 0.2) is 23.0 Å². The van der Waals surface area contributed by atoms with Crippen molar-refractivity contribution in [1.29, 1.82) is 0 Å². The predicted octanol–water partition coefficient (Wildman–Crippen LogP) is 8.20. The van der Waals surface area contributed by atoms with Gasteiger partial charge in [-0.25, -0.2) is 0 Å². The van der Waals surface area contributed by atoms with E-state index in [1.807, 2.05) is 0 Å². The number of nitrogens with zero attached hydrogens (tertiary/aromatic N) is 4. The van der Waals surface area contributed by atoms with E-state index in [0.29, 0.717) is 38.3 Å². The Morgan fingerprint density at radius 1 is 0.389 bits per heavy atom. The van der Waals surface area contributed by atoms with E-state index in [4.69, 9.17) is 18.9 Å². The normalized spacial score (nSPS) is 20.7. The molecule has 54 heavy (non-hydrogen) atoms. The van der Waals surface area contributed by atoms with Gasteiger partial charge in [0.25, 0.3) is 0 Å². The first-order chi connectivity index (χ1) is 26.6. The van der Waals surface area contributed by atoms with Crippen LogP contribution >= 0.6 is 0 Å². The van der Waals surface area contributed by atoms with Crippen molar-refractivity contribution in [1.82, 2.24) is 19.6 Å². The van der Waals surface area contributed by atoms with Crippen LogP contribution in [0.25, 0.3) is 0 Å². The summed E-state index contributed by atoms with van der Waals surface area (Å²) in [6, 6.07) is 13.4. The molecule has 2 atom stereocenters. The molecule has 0 aromatic heterocycles. The van der Waals surface area contributed by atoms with Crippen LogP contribution in [0.1, 0.15) is 102 Å². The molecule has 2 aromatic carbocycles. The van der Waals surface area contributed by atoms with Crippen LogP contribution in [0.3, 0.4) is 0 Å². The van der Waals surface area contributed by atoms with Crippen molar-refractivity contribution in [2.24, 2.45) is 11.8 Å². The number of ether oxygens (including phenoxy) is 4. The summed E-state index contributed by atoms with van der Waals surface area (Å²) in [4.78, 5) is 10.2. The zero-order valence-corrected chi connectivity index (χ0v) is 34.3. The molecule has 2 aromatic rings. The predicted molar refractivity (Wildman–Crippen MR) is 222 cm³/mol. The van der Waals surface area contributed by atoms with E-state index in [9.17, 15) is 0 Å². The molecule has 4 fully saturated rings. The average molecular weight is 747 g/mol. The van der Waals surface area contributed by atoms with E-state index in [2.05, 4.69) is 69.8 Å². The summed E-state index contributed by atoms with van der Waals surface area (Å²) in [6.45, 7) is 21.1. The number of rotatable bonds is 21. The van der Waals surface area contributed by atoms with Crippen molar-refractivity contribution < 1.29 is 18.9 Å². The van der Waals surface area contributed by atoms with E-state index in [0.717, 1.165) is 62.0 Å².